The molecule has 0 aliphatic carbocycles. The lowest BCUT2D eigenvalue weighted by Crippen LogP contribution is -2.66. The van der Waals surface area contributed by atoms with Crippen LogP contribution in [0.1, 0.15) is 48.5 Å². The summed E-state index contributed by atoms with van der Waals surface area (Å²) in [7, 11) is -2.69. The summed E-state index contributed by atoms with van der Waals surface area (Å²) < 4.78 is 31.7. The van der Waals surface area contributed by atoms with E-state index >= 15 is 0 Å². The molecule has 0 spiro atoms. The number of hydrogen-bond donors (Lipinski definition) is 0. The fourth-order valence-electron chi connectivity index (χ4n) is 5.30. The van der Waals surface area contributed by atoms with E-state index in [9.17, 15) is 0 Å². The van der Waals surface area contributed by atoms with E-state index in [0.29, 0.717) is 13.2 Å². The van der Waals surface area contributed by atoms with Crippen molar-refractivity contribution >= 4 is 18.7 Å². The van der Waals surface area contributed by atoms with E-state index < -0.39 is 19.9 Å². The van der Waals surface area contributed by atoms with E-state index in [4.69, 9.17) is 23.4 Å². The van der Waals surface area contributed by atoms with Crippen LogP contribution >= 0.6 is 0 Å². The minimum absolute atomic E-state index is 0.117. The van der Waals surface area contributed by atoms with Gasteiger partial charge in [0.1, 0.15) is 18.3 Å². The van der Waals surface area contributed by atoms with Crippen LogP contribution in [-0.2, 0) is 23.4 Å². The van der Waals surface area contributed by atoms with Crippen LogP contribution in [0.5, 0.6) is 0 Å². The van der Waals surface area contributed by atoms with Gasteiger partial charge in [-0.1, -0.05) is 88.0 Å². The highest BCUT2D eigenvalue weighted by atomic mass is 28.4. The normalized spacial score (nSPS) is 26.1. The van der Waals surface area contributed by atoms with Crippen LogP contribution in [0.4, 0.5) is 0 Å². The maximum absolute atomic E-state index is 7.09. The van der Waals surface area contributed by atoms with Gasteiger partial charge in [0.25, 0.3) is 8.32 Å². The smallest absolute Gasteiger partial charge is 0.261 e. The quantitative estimate of drug-likeness (QED) is 0.407. The Hall–Kier alpha value is -1.80. The Balaban J connectivity index is 1.64. The summed E-state index contributed by atoms with van der Waals surface area (Å²) in [5.41, 5.74) is 0.849. The van der Waals surface area contributed by atoms with Crippen LogP contribution in [0, 0.1) is 0 Å². The van der Waals surface area contributed by atoms with Crippen molar-refractivity contribution < 1.29 is 23.4 Å². The Labute approximate surface area is 211 Å². The molecule has 190 valence electrons. The third-order valence-corrected chi connectivity index (χ3v) is 11.8. The average molecular weight is 497 g/mol. The van der Waals surface area contributed by atoms with Crippen molar-refractivity contribution in [3.63, 3.8) is 0 Å². The summed E-state index contributed by atoms with van der Waals surface area (Å²) in [6.07, 6.45) is -0.908. The molecule has 2 aliphatic rings. The lowest BCUT2D eigenvalue weighted by molar-refractivity contribution is -0.174. The monoisotopic (exact) mass is 496 g/mol. The molecular formula is C29H40O5Si. The van der Waals surface area contributed by atoms with E-state index in [-0.39, 0.29) is 23.4 Å². The van der Waals surface area contributed by atoms with Crippen molar-refractivity contribution in [3.05, 3.63) is 72.8 Å². The Morgan fingerprint density at radius 2 is 1.43 bits per heavy atom. The zero-order valence-electron chi connectivity index (χ0n) is 22.2. The molecule has 2 aliphatic heterocycles. The van der Waals surface area contributed by atoms with Gasteiger partial charge in [-0.2, -0.15) is 0 Å². The van der Waals surface area contributed by atoms with Gasteiger partial charge in [-0.25, -0.2) is 0 Å². The number of ether oxygens (including phenoxy) is 4. The summed E-state index contributed by atoms with van der Waals surface area (Å²) in [6, 6.07) is 21.3. The second-order valence-corrected chi connectivity index (χ2v) is 15.8. The van der Waals surface area contributed by atoms with Gasteiger partial charge in [0, 0.05) is 0 Å². The first-order valence-electron chi connectivity index (χ1n) is 12.4. The Kier molecular flexibility index (Phi) is 7.19. The van der Waals surface area contributed by atoms with Gasteiger partial charge in [-0.15, -0.1) is 0 Å². The topological polar surface area (TPSA) is 46.2 Å². The first-order valence-corrected chi connectivity index (χ1v) is 14.4. The molecule has 0 bridgehead atoms. The predicted octanol–water partition coefficient (Wildman–Crippen LogP) is 4.79. The van der Waals surface area contributed by atoms with Gasteiger partial charge in [-0.05, 0) is 48.7 Å². The zero-order valence-corrected chi connectivity index (χ0v) is 23.2. The summed E-state index contributed by atoms with van der Waals surface area (Å²) in [5.74, 6) is -1.39. The molecule has 0 unspecified atom stereocenters. The summed E-state index contributed by atoms with van der Waals surface area (Å²) in [5, 5.41) is 2.36. The van der Waals surface area contributed by atoms with E-state index in [0.717, 1.165) is 5.57 Å². The number of benzene rings is 2. The molecule has 35 heavy (non-hydrogen) atoms. The van der Waals surface area contributed by atoms with Crippen LogP contribution in [0.25, 0.3) is 0 Å². The SMILES string of the molecule is C=C(CO[Si](c1ccccc1)(c1ccccc1)C(C)(C)C)[C@H]1OC(C)(C)O[C@@H]1[C@H]1COC(C)(C)O1. The standard InChI is InChI=1S/C29H40O5Si/c1-21(25-26(34-29(7,8)33-25)24-20-30-28(5,6)32-24)19-31-35(27(2,3)4,22-15-11-9-12-16-22)23-17-13-10-14-18-23/h9-18,24-26H,1,19-20H2,2-8H3/t24-,25-,26-/m1/s1. The molecule has 0 N–H and O–H groups in total. The molecule has 2 saturated heterocycles. The first-order chi connectivity index (χ1) is 16.3. The highest BCUT2D eigenvalue weighted by molar-refractivity contribution is 6.99. The van der Waals surface area contributed by atoms with Gasteiger partial charge in [0.05, 0.1) is 13.2 Å². The van der Waals surface area contributed by atoms with Crippen molar-refractivity contribution in [2.45, 2.75) is 83.4 Å². The maximum atomic E-state index is 7.09. The Morgan fingerprint density at radius 3 is 1.89 bits per heavy atom. The van der Waals surface area contributed by atoms with Crippen LogP contribution in [0.2, 0.25) is 5.04 Å². The first kappa shape index (κ1) is 26.3. The molecule has 5 nitrogen and oxygen atoms in total. The van der Waals surface area contributed by atoms with E-state index in [1.165, 1.54) is 10.4 Å². The van der Waals surface area contributed by atoms with Crippen molar-refractivity contribution in [1.29, 1.82) is 0 Å². The number of rotatable bonds is 7. The summed E-state index contributed by atoms with van der Waals surface area (Å²) >= 11 is 0. The van der Waals surface area contributed by atoms with Crippen LogP contribution < -0.4 is 10.4 Å². The fourth-order valence-corrected chi connectivity index (χ4v) is 9.86. The zero-order chi connectivity index (χ0) is 25.5. The molecule has 0 amide bonds. The Morgan fingerprint density at radius 1 is 0.886 bits per heavy atom. The van der Waals surface area contributed by atoms with E-state index in [1.807, 2.05) is 27.7 Å². The van der Waals surface area contributed by atoms with Crippen LogP contribution in [0.15, 0.2) is 72.8 Å². The second-order valence-electron chi connectivity index (χ2n) is 11.5. The number of hydrogen-bond acceptors (Lipinski definition) is 5. The highest BCUT2D eigenvalue weighted by Gasteiger charge is 2.53. The van der Waals surface area contributed by atoms with Gasteiger partial charge in [-0.3, -0.25) is 0 Å². The lowest BCUT2D eigenvalue weighted by atomic mass is 10.0. The van der Waals surface area contributed by atoms with Crippen LogP contribution in [0.3, 0.4) is 0 Å². The molecule has 0 saturated carbocycles. The molecule has 0 radical (unpaired) electrons. The fraction of sp³-hybridized carbons (Fsp3) is 0.517. The van der Waals surface area contributed by atoms with Gasteiger partial charge >= 0.3 is 0 Å². The summed E-state index contributed by atoms with van der Waals surface area (Å²) in [4.78, 5) is 0. The lowest BCUT2D eigenvalue weighted by Gasteiger charge is -2.43. The predicted molar refractivity (Wildman–Crippen MR) is 141 cm³/mol. The van der Waals surface area contributed by atoms with Crippen molar-refractivity contribution in [2.75, 3.05) is 13.2 Å². The average Bonchev–Trinajstić information content (AvgIpc) is 3.32. The third-order valence-electron chi connectivity index (χ3n) is 6.82. The molecule has 3 atom stereocenters. The summed E-state index contributed by atoms with van der Waals surface area (Å²) in [6.45, 7) is 19.8. The molecule has 4 rings (SSSR count). The van der Waals surface area contributed by atoms with Crippen molar-refractivity contribution in [1.82, 2.24) is 0 Å². The molecule has 2 heterocycles. The van der Waals surface area contributed by atoms with Gasteiger partial charge in [0.15, 0.2) is 11.6 Å². The van der Waals surface area contributed by atoms with E-state index in [2.05, 4.69) is 88.0 Å². The van der Waals surface area contributed by atoms with Crippen molar-refractivity contribution in [2.24, 2.45) is 0 Å². The molecule has 6 heteroatoms. The minimum Gasteiger partial charge on any atom is -0.403 e. The largest absolute Gasteiger partial charge is 0.403 e. The van der Waals surface area contributed by atoms with E-state index in [1.54, 1.807) is 0 Å². The Bertz CT molecular complexity index is 973. The highest BCUT2D eigenvalue weighted by Crippen LogP contribution is 2.40. The molecule has 2 aromatic carbocycles. The molecular weight excluding hydrogens is 456 g/mol. The van der Waals surface area contributed by atoms with Crippen LogP contribution in [-0.4, -0.2) is 51.4 Å². The van der Waals surface area contributed by atoms with Gasteiger partial charge < -0.3 is 23.4 Å². The van der Waals surface area contributed by atoms with Crippen molar-refractivity contribution in [3.8, 4) is 0 Å². The molecule has 0 aromatic heterocycles. The molecule has 2 aromatic rings. The third kappa shape index (κ3) is 5.33. The minimum atomic E-state index is -2.69. The maximum Gasteiger partial charge on any atom is 0.261 e. The molecule has 2 fully saturated rings. The van der Waals surface area contributed by atoms with Gasteiger partial charge in [0.2, 0.25) is 0 Å². The second kappa shape index (κ2) is 9.58.